The van der Waals surface area contributed by atoms with Gasteiger partial charge in [0, 0.05) is 10.0 Å². The average Bonchev–Trinajstić information content (AvgIpc) is 2.04. The highest BCUT2D eigenvalue weighted by molar-refractivity contribution is 9.22. The van der Waals surface area contributed by atoms with E-state index in [0.717, 1.165) is 5.56 Å². The molecule has 1 N–H and O–H groups in total. The van der Waals surface area contributed by atoms with Crippen molar-refractivity contribution in [3.8, 4) is 0 Å². The van der Waals surface area contributed by atoms with Crippen molar-refractivity contribution in [1.82, 2.24) is 0 Å². The Hall–Kier alpha value is 1.01. The van der Waals surface area contributed by atoms with Crippen molar-refractivity contribution >= 4 is 55.6 Å². The quantitative estimate of drug-likeness (QED) is 0.785. The minimum atomic E-state index is -0.894. The molecule has 7 radical (unpaired) electrons. The Labute approximate surface area is 113 Å². The summed E-state index contributed by atoms with van der Waals surface area (Å²) in [5.41, 5.74) is -0.172. The second-order valence-electron chi connectivity index (χ2n) is 3.22. The largest absolute Gasteiger partial charge is 1.52 e. The van der Waals surface area contributed by atoms with Crippen molar-refractivity contribution in [3.05, 3.63) is 33.8 Å². The highest BCUT2D eigenvalue weighted by Crippen LogP contribution is 2.26. The summed E-state index contributed by atoms with van der Waals surface area (Å²) in [5.74, 6) is 0. The van der Waals surface area contributed by atoms with Crippen LogP contribution in [0.1, 0.15) is 19.4 Å². The lowest BCUT2D eigenvalue weighted by atomic mass is 9.99. The molecule has 0 aliphatic carbocycles. The van der Waals surface area contributed by atoms with Crippen LogP contribution in [-0.4, -0.2) is 24.6 Å². The van der Waals surface area contributed by atoms with Crippen LogP contribution in [0, 0.1) is 0 Å². The Morgan fingerprint density at radius 3 is 1.79 bits per heavy atom. The number of hydrogen-bond donors (Lipinski definition) is 1. The Morgan fingerprint density at radius 2 is 1.50 bits per heavy atom. The molecular weight excluding hydrogens is 299 g/mol. The lowest BCUT2D eigenvalue weighted by Gasteiger charge is -2.18. The van der Waals surface area contributed by atoms with Crippen molar-refractivity contribution in [2.45, 2.75) is 19.4 Å². The molecule has 0 saturated carbocycles. The molecule has 1 aromatic rings. The van der Waals surface area contributed by atoms with E-state index in [1.165, 1.54) is 0 Å². The zero-order valence-electron chi connectivity index (χ0n) is 8.02. The predicted molar refractivity (Wildman–Crippen MR) is 66.4 cm³/mol. The highest BCUT2D eigenvalue weighted by atomic mass is 79.9. The summed E-state index contributed by atoms with van der Waals surface area (Å²) in [7, 11) is 0. The van der Waals surface area contributed by atoms with Gasteiger partial charge in [0.1, 0.15) is 0 Å². The van der Waals surface area contributed by atoms with Crippen LogP contribution in [0.2, 0.25) is 10.0 Å². The molecule has 0 aromatic heterocycles. The molecule has 0 fully saturated rings. The first kappa shape index (κ1) is 15.0. The minimum Gasteiger partial charge on any atom is -0.386 e. The van der Waals surface area contributed by atoms with Gasteiger partial charge in [-0.05, 0) is 37.6 Å². The van der Waals surface area contributed by atoms with Crippen LogP contribution in [0.15, 0.2) is 18.2 Å². The SMILES string of the molecule is CC(C)(O)c1cc(Cl)cc(Cl)c1.[Mg+2][Br]. The van der Waals surface area contributed by atoms with Gasteiger partial charge >= 0.3 is 32.4 Å². The Kier molecular flexibility index (Phi) is 7.03. The topological polar surface area (TPSA) is 20.2 Å². The molecule has 73 valence electrons. The molecule has 1 rings (SSSR count). The second-order valence-corrected chi connectivity index (χ2v) is 4.09. The highest BCUT2D eigenvalue weighted by Gasteiger charge is 2.16. The molecule has 1 aromatic carbocycles. The maximum Gasteiger partial charge on any atom is 1.52 e. The third-order valence-corrected chi connectivity index (χ3v) is 2.01. The molecule has 5 heteroatoms. The Balaban J connectivity index is 0.000000791. The number of hydrogen-bond acceptors (Lipinski definition) is 1. The molecule has 0 amide bonds. The van der Waals surface area contributed by atoms with E-state index in [9.17, 15) is 5.11 Å². The predicted octanol–water partition coefficient (Wildman–Crippen LogP) is 3.69. The van der Waals surface area contributed by atoms with Crippen molar-refractivity contribution in [2.75, 3.05) is 0 Å². The molecule has 0 bridgehead atoms. The molecular formula is C9H10BrCl2MgO+2. The first-order valence-electron chi connectivity index (χ1n) is 3.85. The molecule has 1 nitrogen and oxygen atoms in total. The van der Waals surface area contributed by atoms with Crippen LogP contribution < -0.4 is 0 Å². The Morgan fingerprint density at radius 1 is 1.14 bits per heavy atom. The third kappa shape index (κ3) is 5.19. The monoisotopic (exact) mass is 307 g/mol. The van der Waals surface area contributed by atoms with Gasteiger partial charge in [-0.1, -0.05) is 23.2 Å². The number of rotatable bonds is 1. The van der Waals surface area contributed by atoms with E-state index in [0.29, 0.717) is 10.0 Å². The van der Waals surface area contributed by atoms with E-state index in [-0.39, 0.29) is 0 Å². The summed E-state index contributed by atoms with van der Waals surface area (Å²) in [6, 6.07) is 5.04. The van der Waals surface area contributed by atoms with E-state index in [1.807, 2.05) is 0 Å². The molecule has 0 aliphatic rings. The summed E-state index contributed by atoms with van der Waals surface area (Å²) in [6.07, 6.45) is 0. The summed E-state index contributed by atoms with van der Waals surface area (Å²) in [5, 5.41) is 10.7. The maximum absolute atomic E-state index is 9.62. The number of benzene rings is 1. The zero-order valence-corrected chi connectivity index (χ0v) is 12.5. The molecule has 0 atom stereocenters. The van der Waals surface area contributed by atoms with Crippen molar-refractivity contribution in [2.24, 2.45) is 0 Å². The van der Waals surface area contributed by atoms with E-state index in [4.69, 9.17) is 23.2 Å². The maximum atomic E-state index is 9.62. The van der Waals surface area contributed by atoms with Crippen LogP contribution in [0.4, 0.5) is 0 Å². The van der Waals surface area contributed by atoms with Gasteiger partial charge in [0.2, 0.25) is 0 Å². The van der Waals surface area contributed by atoms with Crippen LogP contribution in [0.25, 0.3) is 0 Å². The van der Waals surface area contributed by atoms with Crippen molar-refractivity contribution in [1.29, 1.82) is 0 Å². The number of aliphatic hydroxyl groups is 1. The van der Waals surface area contributed by atoms with Crippen molar-refractivity contribution in [3.63, 3.8) is 0 Å². The van der Waals surface area contributed by atoms with Gasteiger partial charge in [0.25, 0.3) is 0 Å². The molecule has 0 unspecified atom stereocenters. The van der Waals surface area contributed by atoms with Crippen molar-refractivity contribution < 1.29 is 5.11 Å². The van der Waals surface area contributed by atoms with Crippen LogP contribution >= 0.6 is 36.1 Å². The van der Waals surface area contributed by atoms with Gasteiger partial charge in [-0.2, -0.15) is 0 Å². The average molecular weight is 309 g/mol. The van der Waals surface area contributed by atoms with Gasteiger partial charge in [0.15, 0.2) is 0 Å². The summed E-state index contributed by atoms with van der Waals surface area (Å²) < 4.78 is 0. The smallest absolute Gasteiger partial charge is 0.386 e. The first-order valence-corrected chi connectivity index (χ1v) is 8.51. The molecule has 0 spiro atoms. The fourth-order valence-corrected chi connectivity index (χ4v) is 1.43. The molecule has 0 heterocycles. The van der Waals surface area contributed by atoms with Crippen LogP contribution in [0.5, 0.6) is 0 Å². The molecule has 14 heavy (non-hydrogen) atoms. The minimum absolute atomic E-state index is 0.541. The fourth-order valence-electron chi connectivity index (χ4n) is 0.907. The van der Waals surface area contributed by atoms with Gasteiger partial charge in [-0.3, -0.25) is 0 Å². The van der Waals surface area contributed by atoms with Crippen LogP contribution in [-0.2, 0) is 5.60 Å². The van der Waals surface area contributed by atoms with Gasteiger partial charge in [-0.15, -0.1) is 0 Å². The molecule has 0 aliphatic heterocycles. The lowest BCUT2D eigenvalue weighted by molar-refractivity contribution is 0.0786. The van der Waals surface area contributed by atoms with E-state index >= 15 is 0 Å². The standard InChI is InChI=1S/C9H10Cl2O.BrH.Mg/c1-9(2,12)6-3-7(10)5-8(11)4-6;;/h3-5,12H,1-2H3;1H;/q;;+3/p-1. The number of halogens is 3. The van der Waals surface area contributed by atoms with E-state index in [1.54, 1.807) is 51.6 Å². The second kappa shape index (κ2) is 6.56. The van der Waals surface area contributed by atoms with Gasteiger partial charge in [-0.25, -0.2) is 0 Å². The Bertz CT molecular complexity index is 279. The lowest BCUT2D eigenvalue weighted by Crippen LogP contribution is -2.15. The van der Waals surface area contributed by atoms with Crippen LogP contribution in [0.3, 0.4) is 0 Å². The summed E-state index contributed by atoms with van der Waals surface area (Å²) in [6.45, 7) is 3.38. The van der Waals surface area contributed by atoms with Gasteiger partial charge in [0.05, 0.1) is 5.60 Å². The normalized spacial score (nSPS) is 10.5. The van der Waals surface area contributed by atoms with E-state index < -0.39 is 5.60 Å². The third-order valence-electron chi connectivity index (χ3n) is 1.57. The van der Waals surface area contributed by atoms with Gasteiger partial charge < -0.3 is 5.11 Å². The zero-order chi connectivity index (χ0) is 11.4. The molecule has 0 saturated heterocycles. The summed E-state index contributed by atoms with van der Waals surface area (Å²) in [4.78, 5) is 0. The van der Waals surface area contributed by atoms with E-state index in [2.05, 4.69) is 12.9 Å². The summed E-state index contributed by atoms with van der Waals surface area (Å²) >= 11 is 16.2. The fraction of sp³-hybridized carbons (Fsp3) is 0.333. The first-order chi connectivity index (χ1) is 6.39.